The SMILES string of the molecule is CC(=O)CC(C)Cc1ccc(C#Cc2cccc(OC(C)C)c2)cc1. The Bertz CT molecular complexity index is 761. The van der Waals surface area contributed by atoms with Crippen LogP contribution in [0.4, 0.5) is 0 Å². The first kappa shape index (κ1) is 18.8. The molecule has 0 N–H and O–H groups in total. The average Bonchev–Trinajstić information content (AvgIpc) is 2.53. The van der Waals surface area contributed by atoms with Crippen molar-refractivity contribution in [1.82, 2.24) is 0 Å². The molecule has 0 bridgehead atoms. The van der Waals surface area contributed by atoms with Gasteiger partial charge in [0.1, 0.15) is 11.5 Å². The maximum atomic E-state index is 11.2. The number of carbonyl (C=O) groups excluding carboxylic acids is 1. The van der Waals surface area contributed by atoms with Crippen molar-refractivity contribution in [3.63, 3.8) is 0 Å². The molecular formula is C23H26O2. The standard InChI is InChI=1S/C23H26O2/c1-17(2)25-23-7-5-6-21(16-23)11-8-20-9-12-22(13-10-20)15-18(3)14-19(4)24/h5-7,9-10,12-13,16-18H,14-15H2,1-4H3. The molecule has 0 amide bonds. The first-order valence-electron chi connectivity index (χ1n) is 8.79. The highest BCUT2D eigenvalue weighted by atomic mass is 16.5. The quantitative estimate of drug-likeness (QED) is 0.693. The van der Waals surface area contributed by atoms with Gasteiger partial charge in [0.2, 0.25) is 0 Å². The number of benzene rings is 2. The van der Waals surface area contributed by atoms with Crippen LogP contribution in [0.3, 0.4) is 0 Å². The summed E-state index contributed by atoms with van der Waals surface area (Å²) < 4.78 is 5.70. The molecule has 1 atom stereocenters. The summed E-state index contributed by atoms with van der Waals surface area (Å²) in [6, 6.07) is 16.1. The van der Waals surface area contributed by atoms with Crippen LogP contribution >= 0.6 is 0 Å². The van der Waals surface area contributed by atoms with Gasteiger partial charge in [-0.25, -0.2) is 0 Å². The lowest BCUT2D eigenvalue weighted by molar-refractivity contribution is -0.117. The van der Waals surface area contributed by atoms with E-state index in [1.54, 1.807) is 6.92 Å². The number of Topliss-reactive ketones (excluding diaryl/α,β-unsaturated/α-hetero) is 1. The molecular weight excluding hydrogens is 308 g/mol. The molecule has 2 heteroatoms. The van der Waals surface area contributed by atoms with Gasteiger partial charge in [-0.1, -0.05) is 37.0 Å². The zero-order chi connectivity index (χ0) is 18.2. The minimum Gasteiger partial charge on any atom is -0.491 e. The molecule has 0 saturated heterocycles. The van der Waals surface area contributed by atoms with E-state index in [1.165, 1.54) is 5.56 Å². The lowest BCUT2D eigenvalue weighted by Gasteiger charge is -2.09. The van der Waals surface area contributed by atoms with Crippen molar-refractivity contribution >= 4 is 5.78 Å². The van der Waals surface area contributed by atoms with E-state index in [1.807, 2.05) is 50.2 Å². The minimum absolute atomic E-state index is 0.154. The third kappa shape index (κ3) is 6.85. The second kappa shape index (κ2) is 9.08. The Morgan fingerprint density at radius 3 is 2.32 bits per heavy atom. The topological polar surface area (TPSA) is 26.3 Å². The highest BCUT2D eigenvalue weighted by molar-refractivity contribution is 5.75. The molecule has 0 spiro atoms. The third-order valence-corrected chi connectivity index (χ3v) is 3.73. The zero-order valence-electron chi connectivity index (χ0n) is 15.5. The summed E-state index contributed by atoms with van der Waals surface area (Å²) in [5.74, 6) is 7.85. The van der Waals surface area contributed by atoms with Gasteiger partial charge < -0.3 is 9.53 Å². The molecule has 0 aromatic heterocycles. The van der Waals surface area contributed by atoms with E-state index in [-0.39, 0.29) is 11.9 Å². The molecule has 0 aliphatic carbocycles. The molecule has 0 heterocycles. The molecule has 0 aliphatic heterocycles. The summed E-state index contributed by atoms with van der Waals surface area (Å²) in [4.78, 5) is 11.2. The van der Waals surface area contributed by atoms with E-state index in [2.05, 4.69) is 30.9 Å². The van der Waals surface area contributed by atoms with Crippen LogP contribution in [0.15, 0.2) is 48.5 Å². The Hall–Kier alpha value is -2.53. The molecule has 0 fully saturated rings. The lowest BCUT2D eigenvalue weighted by atomic mass is 9.96. The van der Waals surface area contributed by atoms with Crippen LogP contribution < -0.4 is 4.74 Å². The zero-order valence-corrected chi connectivity index (χ0v) is 15.5. The smallest absolute Gasteiger partial charge is 0.130 e. The second-order valence-corrected chi connectivity index (χ2v) is 6.86. The van der Waals surface area contributed by atoms with Gasteiger partial charge in [0.15, 0.2) is 0 Å². The maximum Gasteiger partial charge on any atom is 0.130 e. The van der Waals surface area contributed by atoms with Gasteiger partial charge in [0.05, 0.1) is 6.10 Å². The fourth-order valence-corrected chi connectivity index (χ4v) is 2.75. The fraction of sp³-hybridized carbons (Fsp3) is 0.348. The van der Waals surface area contributed by atoms with Crippen molar-refractivity contribution in [2.75, 3.05) is 0 Å². The molecule has 2 nitrogen and oxygen atoms in total. The number of hydrogen-bond donors (Lipinski definition) is 0. The average molecular weight is 334 g/mol. The third-order valence-electron chi connectivity index (χ3n) is 3.73. The van der Waals surface area contributed by atoms with Crippen LogP contribution in [-0.2, 0) is 11.2 Å². The molecule has 0 aliphatic rings. The molecule has 0 saturated carbocycles. The Morgan fingerprint density at radius 2 is 1.68 bits per heavy atom. The van der Waals surface area contributed by atoms with Crippen molar-refractivity contribution in [3.8, 4) is 17.6 Å². The number of ketones is 1. The van der Waals surface area contributed by atoms with Crippen LogP contribution in [0.1, 0.15) is 50.8 Å². The van der Waals surface area contributed by atoms with Crippen LogP contribution in [0.5, 0.6) is 5.75 Å². The first-order valence-corrected chi connectivity index (χ1v) is 8.79. The first-order chi connectivity index (χ1) is 11.9. The summed E-state index contributed by atoms with van der Waals surface area (Å²) in [7, 11) is 0. The van der Waals surface area contributed by atoms with Crippen molar-refractivity contribution in [2.45, 2.75) is 46.6 Å². The molecule has 2 aromatic rings. The number of rotatable bonds is 6. The van der Waals surface area contributed by atoms with Gasteiger partial charge in [-0.2, -0.15) is 0 Å². The number of carbonyl (C=O) groups is 1. The monoisotopic (exact) mass is 334 g/mol. The summed E-state index contributed by atoms with van der Waals surface area (Å²) in [5, 5.41) is 0. The van der Waals surface area contributed by atoms with E-state index in [0.717, 1.165) is 23.3 Å². The van der Waals surface area contributed by atoms with Gasteiger partial charge in [0, 0.05) is 17.5 Å². The van der Waals surface area contributed by atoms with E-state index in [0.29, 0.717) is 12.3 Å². The molecule has 25 heavy (non-hydrogen) atoms. The van der Waals surface area contributed by atoms with E-state index < -0.39 is 0 Å². The van der Waals surface area contributed by atoms with Gasteiger partial charge in [-0.3, -0.25) is 0 Å². The van der Waals surface area contributed by atoms with Crippen LogP contribution in [0.2, 0.25) is 0 Å². The highest BCUT2D eigenvalue weighted by Crippen LogP contribution is 2.15. The second-order valence-electron chi connectivity index (χ2n) is 6.86. The van der Waals surface area contributed by atoms with Crippen molar-refractivity contribution in [2.24, 2.45) is 5.92 Å². The Labute approximate surface area is 151 Å². The predicted molar refractivity (Wildman–Crippen MR) is 103 cm³/mol. The largest absolute Gasteiger partial charge is 0.491 e. The van der Waals surface area contributed by atoms with Crippen LogP contribution in [0, 0.1) is 17.8 Å². The van der Waals surface area contributed by atoms with Gasteiger partial charge in [0.25, 0.3) is 0 Å². The molecule has 2 aromatic carbocycles. The van der Waals surface area contributed by atoms with Crippen molar-refractivity contribution < 1.29 is 9.53 Å². The van der Waals surface area contributed by atoms with Gasteiger partial charge in [-0.05, 0) is 69.0 Å². The molecule has 2 rings (SSSR count). The maximum absolute atomic E-state index is 11.2. The van der Waals surface area contributed by atoms with Crippen molar-refractivity contribution in [1.29, 1.82) is 0 Å². The predicted octanol–water partition coefficient (Wildman–Crippen LogP) is 5.03. The Kier molecular flexibility index (Phi) is 6.83. The van der Waals surface area contributed by atoms with Crippen LogP contribution in [-0.4, -0.2) is 11.9 Å². The summed E-state index contributed by atoms with van der Waals surface area (Å²) in [5.41, 5.74) is 3.17. The van der Waals surface area contributed by atoms with E-state index >= 15 is 0 Å². The lowest BCUT2D eigenvalue weighted by Crippen LogP contribution is -2.05. The fourth-order valence-electron chi connectivity index (χ4n) is 2.75. The summed E-state index contributed by atoms with van der Waals surface area (Å²) in [6.07, 6.45) is 1.71. The van der Waals surface area contributed by atoms with E-state index in [9.17, 15) is 4.79 Å². The number of ether oxygens (including phenoxy) is 1. The Morgan fingerprint density at radius 1 is 1.00 bits per heavy atom. The molecule has 0 radical (unpaired) electrons. The summed E-state index contributed by atoms with van der Waals surface area (Å²) in [6.45, 7) is 7.78. The minimum atomic E-state index is 0.154. The van der Waals surface area contributed by atoms with Crippen molar-refractivity contribution in [3.05, 3.63) is 65.2 Å². The highest BCUT2D eigenvalue weighted by Gasteiger charge is 2.06. The molecule has 130 valence electrons. The Balaban J connectivity index is 2.02. The summed E-state index contributed by atoms with van der Waals surface area (Å²) >= 11 is 0. The van der Waals surface area contributed by atoms with E-state index in [4.69, 9.17) is 4.74 Å². The number of hydrogen-bond acceptors (Lipinski definition) is 2. The van der Waals surface area contributed by atoms with Crippen LogP contribution in [0.25, 0.3) is 0 Å². The normalized spacial score (nSPS) is 11.6. The molecule has 1 unspecified atom stereocenters. The van der Waals surface area contributed by atoms with Gasteiger partial charge >= 0.3 is 0 Å². The van der Waals surface area contributed by atoms with Gasteiger partial charge in [-0.15, -0.1) is 0 Å².